The molecule has 2 aromatic rings. The van der Waals surface area contributed by atoms with Gasteiger partial charge in [-0.25, -0.2) is 9.18 Å². The molecule has 0 unspecified atom stereocenters. The molecule has 3 N–H and O–H groups in total. The van der Waals surface area contributed by atoms with Crippen LogP contribution in [-0.2, 0) is 13.1 Å². The van der Waals surface area contributed by atoms with E-state index in [-0.39, 0.29) is 31.0 Å². The van der Waals surface area contributed by atoms with Gasteiger partial charge in [-0.1, -0.05) is 30.3 Å². The highest BCUT2D eigenvalue weighted by Crippen LogP contribution is 2.28. The molecule has 1 aliphatic rings. The highest BCUT2D eigenvalue weighted by atomic mass is 19.1. The van der Waals surface area contributed by atoms with Crippen LogP contribution in [0.1, 0.15) is 34.3 Å². The number of amides is 3. The van der Waals surface area contributed by atoms with Crippen LogP contribution in [0.15, 0.2) is 48.5 Å². The van der Waals surface area contributed by atoms with Gasteiger partial charge >= 0.3 is 6.03 Å². The van der Waals surface area contributed by atoms with Crippen molar-refractivity contribution in [3.63, 3.8) is 0 Å². The predicted molar refractivity (Wildman–Crippen MR) is 92.2 cm³/mol. The van der Waals surface area contributed by atoms with Crippen molar-refractivity contribution in [2.24, 2.45) is 5.73 Å². The van der Waals surface area contributed by atoms with Gasteiger partial charge in [0.15, 0.2) is 0 Å². The highest BCUT2D eigenvalue weighted by Gasteiger charge is 2.32. The molecule has 0 bridgehead atoms. The van der Waals surface area contributed by atoms with E-state index >= 15 is 0 Å². The van der Waals surface area contributed by atoms with Crippen molar-refractivity contribution in [3.05, 3.63) is 71.0 Å². The lowest BCUT2D eigenvalue weighted by Crippen LogP contribution is -2.40. The molecule has 0 aliphatic heterocycles. The molecule has 0 spiro atoms. The summed E-state index contributed by atoms with van der Waals surface area (Å²) < 4.78 is 13.9. The Kier molecular flexibility index (Phi) is 4.97. The minimum Gasteiger partial charge on any atom is -0.366 e. The average molecular weight is 341 g/mol. The van der Waals surface area contributed by atoms with Gasteiger partial charge in [-0.2, -0.15) is 0 Å². The first-order valence-electron chi connectivity index (χ1n) is 8.21. The molecule has 0 heterocycles. The van der Waals surface area contributed by atoms with E-state index in [0.717, 1.165) is 18.4 Å². The Morgan fingerprint density at radius 2 is 1.92 bits per heavy atom. The number of urea groups is 1. The van der Waals surface area contributed by atoms with E-state index in [4.69, 9.17) is 5.73 Å². The molecule has 130 valence electrons. The number of hydrogen-bond donors (Lipinski definition) is 2. The molecule has 0 saturated heterocycles. The Morgan fingerprint density at radius 1 is 1.16 bits per heavy atom. The predicted octanol–water partition coefficient (Wildman–Crippen LogP) is 2.80. The smallest absolute Gasteiger partial charge is 0.318 e. The monoisotopic (exact) mass is 341 g/mol. The minimum atomic E-state index is -0.507. The van der Waals surface area contributed by atoms with Crippen molar-refractivity contribution in [1.29, 1.82) is 0 Å². The molecule has 1 aliphatic carbocycles. The van der Waals surface area contributed by atoms with Gasteiger partial charge in [-0.15, -0.1) is 0 Å². The quantitative estimate of drug-likeness (QED) is 0.848. The summed E-state index contributed by atoms with van der Waals surface area (Å²) >= 11 is 0. The van der Waals surface area contributed by atoms with Crippen molar-refractivity contribution in [2.45, 2.75) is 32.0 Å². The second-order valence-corrected chi connectivity index (χ2v) is 6.17. The molecule has 0 aromatic heterocycles. The molecule has 1 fully saturated rings. The molecular formula is C19H20FN3O2. The van der Waals surface area contributed by atoms with Crippen LogP contribution < -0.4 is 11.1 Å². The topological polar surface area (TPSA) is 75.4 Å². The SMILES string of the molecule is NC(=O)c1cccc(CNC(=O)N(Cc2ccccc2F)C2CC2)c1. The van der Waals surface area contributed by atoms with Crippen molar-refractivity contribution in [2.75, 3.05) is 0 Å². The minimum absolute atomic E-state index is 0.150. The number of primary amides is 1. The van der Waals surface area contributed by atoms with E-state index in [1.165, 1.54) is 6.07 Å². The Balaban J connectivity index is 1.65. The lowest BCUT2D eigenvalue weighted by molar-refractivity contribution is 0.1000. The summed E-state index contributed by atoms with van der Waals surface area (Å²) in [6.07, 6.45) is 1.86. The standard InChI is InChI=1S/C19H20FN3O2/c20-17-7-2-1-5-15(17)12-23(16-8-9-16)19(25)22-11-13-4-3-6-14(10-13)18(21)24/h1-7,10,16H,8-9,11-12H2,(H2,21,24)(H,22,25). The van der Waals surface area contributed by atoms with Gasteiger partial charge in [0, 0.05) is 23.7 Å². The summed E-state index contributed by atoms with van der Waals surface area (Å²) in [5.74, 6) is -0.817. The fourth-order valence-electron chi connectivity index (χ4n) is 2.68. The number of hydrogen-bond acceptors (Lipinski definition) is 2. The number of carbonyl (C=O) groups is 2. The van der Waals surface area contributed by atoms with Crippen molar-refractivity contribution >= 4 is 11.9 Å². The fourth-order valence-corrected chi connectivity index (χ4v) is 2.68. The Morgan fingerprint density at radius 3 is 2.60 bits per heavy atom. The second kappa shape index (κ2) is 7.34. The van der Waals surface area contributed by atoms with Gasteiger partial charge in [-0.3, -0.25) is 4.79 Å². The Bertz CT molecular complexity index is 790. The van der Waals surface area contributed by atoms with E-state index in [1.807, 2.05) is 6.07 Å². The van der Waals surface area contributed by atoms with Gasteiger partial charge < -0.3 is 16.0 Å². The van der Waals surface area contributed by atoms with Gasteiger partial charge in [-0.05, 0) is 36.6 Å². The van der Waals surface area contributed by atoms with Crippen LogP contribution in [-0.4, -0.2) is 22.9 Å². The number of rotatable bonds is 6. The van der Waals surface area contributed by atoms with Crippen LogP contribution in [0.5, 0.6) is 0 Å². The number of nitrogens with zero attached hydrogens (tertiary/aromatic N) is 1. The average Bonchev–Trinajstić information content (AvgIpc) is 3.44. The van der Waals surface area contributed by atoms with Crippen molar-refractivity contribution in [1.82, 2.24) is 10.2 Å². The van der Waals surface area contributed by atoms with Crippen LogP contribution in [0.3, 0.4) is 0 Å². The molecule has 3 amide bonds. The van der Waals surface area contributed by atoms with Crippen LogP contribution in [0.25, 0.3) is 0 Å². The molecule has 3 rings (SSSR count). The van der Waals surface area contributed by atoms with Crippen LogP contribution in [0.4, 0.5) is 9.18 Å². The summed E-state index contributed by atoms with van der Waals surface area (Å²) in [4.78, 5) is 25.4. The van der Waals surface area contributed by atoms with E-state index in [0.29, 0.717) is 11.1 Å². The van der Waals surface area contributed by atoms with Crippen LogP contribution in [0, 0.1) is 5.82 Å². The molecule has 25 heavy (non-hydrogen) atoms. The summed E-state index contributed by atoms with van der Waals surface area (Å²) in [6, 6.07) is 13.2. The number of nitrogens with one attached hydrogen (secondary N) is 1. The van der Waals surface area contributed by atoms with Gasteiger partial charge in [0.2, 0.25) is 5.91 Å². The number of benzene rings is 2. The molecule has 6 heteroatoms. The maximum atomic E-state index is 13.9. The zero-order valence-corrected chi connectivity index (χ0v) is 13.7. The fraction of sp³-hybridized carbons (Fsp3) is 0.263. The van der Waals surface area contributed by atoms with Gasteiger partial charge in [0.1, 0.15) is 5.82 Å². The zero-order valence-electron chi connectivity index (χ0n) is 13.7. The van der Waals surface area contributed by atoms with E-state index in [9.17, 15) is 14.0 Å². The first-order valence-corrected chi connectivity index (χ1v) is 8.21. The third-order valence-corrected chi connectivity index (χ3v) is 4.20. The summed E-state index contributed by atoms with van der Waals surface area (Å²) in [5, 5.41) is 2.84. The maximum absolute atomic E-state index is 13.9. The van der Waals surface area contributed by atoms with Gasteiger partial charge in [0.05, 0.1) is 6.54 Å². The maximum Gasteiger partial charge on any atom is 0.318 e. The van der Waals surface area contributed by atoms with E-state index in [1.54, 1.807) is 41.3 Å². The second-order valence-electron chi connectivity index (χ2n) is 6.17. The van der Waals surface area contributed by atoms with Crippen LogP contribution >= 0.6 is 0 Å². The van der Waals surface area contributed by atoms with E-state index < -0.39 is 5.91 Å². The van der Waals surface area contributed by atoms with Crippen molar-refractivity contribution in [3.8, 4) is 0 Å². The summed E-state index contributed by atoms with van der Waals surface area (Å²) in [5.41, 5.74) is 6.95. The first-order chi connectivity index (χ1) is 12.0. The van der Waals surface area contributed by atoms with Crippen molar-refractivity contribution < 1.29 is 14.0 Å². The Labute approximate surface area is 145 Å². The van der Waals surface area contributed by atoms with Crippen LogP contribution in [0.2, 0.25) is 0 Å². The third-order valence-electron chi connectivity index (χ3n) is 4.20. The molecule has 0 atom stereocenters. The molecule has 0 radical (unpaired) electrons. The lowest BCUT2D eigenvalue weighted by atomic mass is 10.1. The number of nitrogens with two attached hydrogens (primary N) is 1. The normalized spacial score (nSPS) is 13.3. The number of carbonyl (C=O) groups excluding carboxylic acids is 2. The third kappa shape index (κ3) is 4.35. The largest absolute Gasteiger partial charge is 0.366 e. The zero-order chi connectivity index (χ0) is 17.8. The Hall–Kier alpha value is -2.89. The van der Waals surface area contributed by atoms with Gasteiger partial charge in [0.25, 0.3) is 0 Å². The first kappa shape index (κ1) is 17.0. The molecule has 1 saturated carbocycles. The van der Waals surface area contributed by atoms with E-state index in [2.05, 4.69) is 5.32 Å². The molecular weight excluding hydrogens is 321 g/mol. The molecule has 2 aromatic carbocycles. The lowest BCUT2D eigenvalue weighted by Gasteiger charge is -2.23. The highest BCUT2D eigenvalue weighted by molar-refractivity contribution is 5.92. The summed E-state index contributed by atoms with van der Waals surface area (Å²) in [7, 11) is 0. The summed E-state index contributed by atoms with van der Waals surface area (Å²) in [6.45, 7) is 0.519. The number of halogens is 1. The molecule has 5 nitrogen and oxygen atoms in total.